The topological polar surface area (TPSA) is 60.2 Å². The van der Waals surface area contributed by atoms with E-state index in [0.29, 0.717) is 0 Å². The molecule has 0 heterocycles. The highest BCUT2D eigenvalue weighted by atomic mass is 32.2. The molecule has 0 aromatic rings. The van der Waals surface area contributed by atoms with Crippen LogP contribution < -0.4 is 5.14 Å². The molecule has 2 N–H and O–H groups in total. The summed E-state index contributed by atoms with van der Waals surface area (Å²) in [6.07, 6.45) is -7.86. The zero-order valence-electron chi connectivity index (χ0n) is 12.2. The Morgan fingerprint density at radius 3 is 0.828 bits per heavy atom. The van der Waals surface area contributed by atoms with E-state index in [4.69, 9.17) is 0 Å². The largest absolute Gasteiger partial charge is 0.460 e. The number of nitrogens with two attached hydrogens (primary N) is 1. The van der Waals surface area contributed by atoms with Crippen LogP contribution in [0.15, 0.2) is 0 Å². The zero-order valence-corrected chi connectivity index (χ0v) is 13.0. The minimum Gasteiger partial charge on any atom is -0.223 e. The summed E-state index contributed by atoms with van der Waals surface area (Å²) < 4.78 is 236. The molecule has 0 bridgehead atoms. The number of hydrogen-bond donors (Lipinski definition) is 1. The van der Waals surface area contributed by atoms with Gasteiger partial charge in [0.15, 0.2) is 0 Å². The molecule has 0 aromatic carbocycles. The molecule has 0 spiro atoms. The molecule has 0 aliphatic heterocycles. The highest BCUT2D eigenvalue weighted by Gasteiger charge is 2.96. The van der Waals surface area contributed by atoms with Crippen molar-refractivity contribution in [1.29, 1.82) is 0 Å². The first kappa shape index (κ1) is 27.7. The Morgan fingerprint density at radius 1 is 0.414 bits per heavy atom. The Bertz CT molecular complexity index is 735. The second kappa shape index (κ2) is 6.36. The summed E-state index contributed by atoms with van der Waals surface area (Å²) in [5, 5.41) is -4.30. The van der Waals surface area contributed by atoms with E-state index in [-0.39, 0.29) is 0 Å². The molecule has 0 fully saturated rings. The van der Waals surface area contributed by atoms with Crippen molar-refractivity contribution in [2.75, 3.05) is 0 Å². The first-order valence-corrected chi connectivity index (χ1v) is 7.28. The van der Waals surface area contributed by atoms with E-state index in [1.165, 1.54) is 0 Å². The monoisotopic (exact) mass is 499 g/mol. The molecular weight excluding hydrogens is 497 g/mol. The van der Waals surface area contributed by atoms with Gasteiger partial charge in [-0.3, -0.25) is 0 Å². The van der Waals surface area contributed by atoms with Gasteiger partial charge in [-0.2, -0.15) is 74.6 Å². The van der Waals surface area contributed by atoms with Gasteiger partial charge in [-0.25, -0.2) is 13.6 Å². The van der Waals surface area contributed by atoms with E-state index >= 15 is 0 Å². The van der Waals surface area contributed by atoms with E-state index < -0.39 is 57.0 Å². The number of rotatable bonds is 7. The molecule has 3 nitrogen and oxygen atoms in total. The quantitative estimate of drug-likeness (QED) is 0.533. The minimum atomic E-state index is -8.84. The van der Waals surface area contributed by atoms with Crippen LogP contribution in [0.4, 0.5) is 74.6 Å². The molecule has 0 saturated carbocycles. The van der Waals surface area contributed by atoms with Crippen LogP contribution in [0.2, 0.25) is 0 Å². The average Bonchev–Trinajstić information content (AvgIpc) is 2.43. The third kappa shape index (κ3) is 3.26. The van der Waals surface area contributed by atoms with Crippen LogP contribution in [0.5, 0.6) is 0 Å². The molecule has 176 valence electrons. The highest BCUT2D eigenvalue weighted by molar-refractivity contribution is 7.90. The summed E-state index contributed by atoms with van der Waals surface area (Å²) >= 11 is 0. The fourth-order valence-corrected chi connectivity index (χ4v) is 1.81. The smallest absolute Gasteiger partial charge is 0.223 e. The Balaban J connectivity index is 6.90. The summed E-state index contributed by atoms with van der Waals surface area (Å²) in [5.74, 6) is -51.6. The van der Waals surface area contributed by atoms with Crippen molar-refractivity contribution in [2.45, 2.75) is 47.0 Å². The van der Waals surface area contributed by atoms with E-state index in [2.05, 4.69) is 5.14 Å². The Kier molecular flexibility index (Phi) is 6.08. The van der Waals surface area contributed by atoms with E-state index in [0.717, 1.165) is 0 Å². The Hall–Kier alpha value is -1.28. The summed E-state index contributed by atoms with van der Waals surface area (Å²) in [6.45, 7) is 0. The van der Waals surface area contributed by atoms with Gasteiger partial charge in [0, 0.05) is 0 Å². The van der Waals surface area contributed by atoms with Gasteiger partial charge in [0.05, 0.1) is 0 Å². The van der Waals surface area contributed by atoms with Gasteiger partial charge < -0.3 is 0 Å². The molecular formula is C8H2F17NO2S. The molecule has 0 unspecified atom stereocenters. The Morgan fingerprint density at radius 2 is 0.621 bits per heavy atom. The van der Waals surface area contributed by atoms with Crippen molar-refractivity contribution in [3.63, 3.8) is 0 Å². The first-order chi connectivity index (χ1) is 12.0. The first-order valence-electron chi connectivity index (χ1n) is 5.74. The fourth-order valence-electron chi connectivity index (χ4n) is 1.33. The molecule has 0 saturated heterocycles. The van der Waals surface area contributed by atoms with Gasteiger partial charge in [0.2, 0.25) is 0 Å². The highest BCUT2D eigenvalue weighted by Crippen LogP contribution is 2.64. The summed E-state index contributed by atoms with van der Waals surface area (Å²) in [7, 11) is -7.39. The van der Waals surface area contributed by atoms with Gasteiger partial charge in [-0.15, -0.1) is 0 Å². The molecule has 0 rings (SSSR count). The predicted octanol–water partition coefficient (Wildman–Crippen LogP) is 4.24. The molecule has 0 aliphatic rings. The van der Waals surface area contributed by atoms with Crippen LogP contribution in [-0.2, 0) is 10.0 Å². The maximum absolute atomic E-state index is 13.1. The average molecular weight is 499 g/mol. The van der Waals surface area contributed by atoms with Crippen molar-refractivity contribution in [3.05, 3.63) is 0 Å². The molecule has 0 atom stereocenters. The van der Waals surface area contributed by atoms with Crippen LogP contribution >= 0.6 is 0 Å². The van der Waals surface area contributed by atoms with Crippen LogP contribution in [0, 0.1) is 0 Å². The van der Waals surface area contributed by atoms with Crippen molar-refractivity contribution >= 4 is 10.0 Å². The van der Waals surface area contributed by atoms with Crippen molar-refractivity contribution in [3.8, 4) is 0 Å². The van der Waals surface area contributed by atoms with Gasteiger partial charge in [0.25, 0.3) is 10.0 Å². The standard InChI is InChI=1S/C8H2F17NO2S/c9-1(10,3(13,14)5(17,18)7(21,22)23)2(11,12)4(15,16)6(19,20)8(24,25)29(26,27)28/h(H2,26,27,28). The van der Waals surface area contributed by atoms with Crippen LogP contribution in [0.1, 0.15) is 0 Å². The number of hydrogen-bond acceptors (Lipinski definition) is 2. The zero-order chi connectivity index (χ0) is 24.5. The second-order valence-electron chi connectivity index (χ2n) is 5.01. The van der Waals surface area contributed by atoms with Gasteiger partial charge in [-0.1, -0.05) is 0 Å². The Labute approximate surface area is 146 Å². The predicted molar refractivity (Wildman–Crippen MR) is 53.8 cm³/mol. The van der Waals surface area contributed by atoms with Crippen molar-refractivity contribution in [1.82, 2.24) is 0 Å². The molecule has 29 heavy (non-hydrogen) atoms. The second-order valence-corrected chi connectivity index (χ2v) is 6.61. The molecule has 0 radical (unpaired) electrons. The lowest BCUT2D eigenvalue weighted by Crippen LogP contribution is -2.75. The lowest BCUT2D eigenvalue weighted by molar-refractivity contribution is -0.458. The normalized spacial score (nSPS) is 16.9. The molecule has 21 heteroatoms. The van der Waals surface area contributed by atoms with E-state index in [9.17, 15) is 83.1 Å². The van der Waals surface area contributed by atoms with Gasteiger partial charge >= 0.3 is 47.0 Å². The van der Waals surface area contributed by atoms with Crippen molar-refractivity contribution in [2.24, 2.45) is 5.14 Å². The van der Waals surface area contributed by atoms with Crippen LogP contribution in [-0.4, -0.2) is 55.4 Å². The van der Waals surface area contributed by atoms with Crippen LogP contribution in [0.3, 0.4) is 0 Å². The van der Waals surface area contributed by atoms with Crippen molar-refractivity contribution < 1.29 is 83.1 Å². The number of alkyl halides is 17. The minimum absolute atomic E-state index is 3.32. The third-order valence-corrected chi connectivity index (χ3v) is 4.02. The van der Waals surface area contributed by atoms with Gasteiger partial charge in [0.1, 0.15) is 0 Å². The third-order valence-electron chi connectivity index (χ3n) is 3.05. The fraction of sp³-hybridized carbons (Fsp3) is 1.00. The summed E-state index contributed by atoms with van der Waals surface area (Å²) in [6, 6.07) is 0. The lowest BCUT2D eigenvalue weighted by Gasteiger charge is -2.42. The molecule has 0 amide bonds. The SMILES string of the molecule is NS(=O)(=O)C(F)(F)C(F)(F)C(F)(F)C(F)(F)C(F)(F)C(F)(F)C(F)(F)C(F)(F)F. The maximum atomic E-state index is 13.1. The number of sulfonamides is 1. The van der Waals surface area contributed by atoms with Gasteiger partial charge in [-0.05, 0) is 0 Å². The lowest BCUT2D eigenvalue weighted by atomic mass is 9.91. The summed E-state index contributed by atoms with van der Waals surface area (Å²) in [4.78, 5) is 0. The van der Waals surface area contributed by atoms with E-state index in [1.54, 1.807) is 0 Å². The summed E-state index contributed by atoms with van der Waals surface area (Å²) in [5.41, 5.74) is 0. The molecule has 0 aliphatic carbocycles. The maximum Gasteiger partial charge on any atom is 0.460 e. The van der Waals surface area contributed by atoms with Crippen LogP contribution in [0.25, 0.3) is 0 Å². The number of primary sulfonamides is 1. The van der Waals surface area contributed by atoms with E-state index in [1.807, 2.05) is 0 Å². The number of halogens is 17. The molecule has 0 aromatic heterocycles.